The molecule has 0 saturated carbocycles. The molecule has 8 heteroatoms. The van der Waals surface area contributed by atoms with Crippen molar-refractivity contribution in [1.29, 1.82) is 0 Å². The van der Waals surface area contributed by atoms with Crippen LogP contribution in [-0.4, -0.2) is 32.2 Å². The fourth-order valence-electron chi connectivity index (χ4n) is 1.34. The van der Waals surface area contributed by atoms with E-state index >= 15 is 0 Å². The van der Waals surface area contributed by atoms with E-state index in [1.54, 1.807) is 6.07 Å². The van der Waals surface area contributed by atoms with Crippen LogP contribution in [0, 0.1) is 0 Å². The molecule has 20 heavy (non-hydrogen) atoms. The van der Waals surface area contributed by atoms with Crippen molar-refractivity contribution < 1.29 is 22.7 Å². The van der Waals surface area contributed by atoms with Crippen LogP contribution in [0.15, 0.2) is 29.2 Å². The molecule has 110 valence electrons. The Morgan fingerprint density at radius 3 is 2.50 bits per heavy atom. The first kappa shape index (κ1) is 16.5. The van der Waals surface area contributed by atoms with Crippen LogP contribution in [0.5, 0.6) is 0 Å². The quantitative estimate of drug-likeness (QED) is 0.785. The van der Waals surface area contributed by atoms with E-state index in [-0.39, 0.29) is 16.3 Å². The molecule has 0 saturated heterocycles. The van der Waals surface area contributed by atoms with Crippen LogP contribution in [0.25, 0.3) is 0 Å². The summed E-state index contributed by atoms with van der Waals surface area (Å²) in [7, 11) is -3.69. The minimum absolute atomic E-state index is 0.0441. The maximum absolute atomic E-state index is 12.0. The topological polar surface area (TPSA) is 104 Å². The van der Waals surface area contributed by atoms with Gasteiger partial charge in [0.15, 0.2) is 15.9 Å². The number of carbonyl (C=O) groups is 2. The summed E-state index contributed by atoms with van der Waals surface area (Å²) in [5.41, 5.74) is 4.93. The van der Waals surface area contributed by atoms with E-state index in [0.29, 0.717) is 0 Å². The van der Waals surface area contributed by atoms with Crippen LogP contribution in [0.3, 0.4) is 0 Å². The predicted molar refractivity (Wildman–Crippen MR) is 72.9 cm³/mol. The first-order valence-electron chi connectivity index (χ1n) is 5.70. The zero-order valence-corrected chi connectivity index (χ0v) is 12.3. The summed E-state index contributed by atoms with van der Waals surface area (Å²) in [5, 5.41) is 0.0892. The summed E-state index contributed by atoms with van der Waals surface area (Å²) < 4.78 is 28.6. The maximum atomic E-state index is 12.0. The molecule has 0 aliphatic heterocycles. The number of carbonyl (C=O) groups excluding carboxylic acids is 2. The van der Waals surface area contributed by atoms with Gasteiger partial charge < -0.3 is 10.5 Å². The first-order chi connectivity index (χ1) is 9.24. The summed E-state index contributed by atoms with van der Waals surface area (Å²) in [6.07, 6.45) is -1.48. The van der Waals surface area contributed by atoms with Crippen LogP contribution in [-0.2, 0) is 24.2 Å². The molecule has 1 aromatic carbocycles. The van der Waals surface area contributed by atoms with Crippen molar-refractivity contribution in [2.45, 2.75) is 24.3 Å². The molecule has 1 aromatic rings. The summed E-state index contributed by atoms with van der Waals surface area (Å²) in [5.74, 6) is -2.07. The number of nitrogens with two attached hydrogens (primary N) is 1. The third kappa shape index (κ3) is 4.50. The van der Waals surface area contributed by atoms with Crippen LogP contribution in [0.1, 0.15) is 13.3 Å². The Balaban J connectivity index is 2.68. The number of halogens is 1. The average molecular weight is 320 g/mol. The Kier molecular flexibility index (Phi) is 5.52. The molecule has 0 spiro atoms. The first-order valence-corrected chi connectivity index (χ1v) is 7.73. The minimum atomic E-state index is -3.69. The van der Waals surface area contributed by atoms with Gasteiger partial charge in [0.2, 0.25) is 0 Å². The van der Waals surface area contributed by atoms with E-state index in [0.717, 1.165) is 0 Å². The Bertz CT molecular complexity index is 614. The summed E-state index contributed by atoms with van der Waals surface area (Å²) in [4.78, 5) is 22.1. The number of hydrogen-bond donors (Lipinski definition) is 1. The highest BCUT2D eigenvalue weighted by molar-refractivity contribution is 7.91. The number of esters is 1. The van der Waals surface area contributed by atoms with E-state index in [2.05, 4.69) is 4.74 Å². The molecule has 0 bridgehead atoms. The Hall–Kier alpha value is -1.60. The molecule has 1 rings (SSSR count). The highest BCUT2D eigenvalue weighted by Crippen LogP contribution is 2.22. The number of rotatable bonds is 6. The Morgan fingerprint density at radius 1 is 1.35 bits per heavy atom. The largest absolute Gasteiger partial charge is 0.453 e. The molecule has 2 N–H and O–H groups in total. The van der Waals surface area contributed by atoms with Gasteiger partial charge in [0.05, 0.1) is 22.1 Å². The SMILES string of the molecule is C[C@@H](OC(=O)CCS(=O)(=O)c1ccccc1Cl)C(N)=O. The smallest absolute Gasteiger partial charge is 0.307 e. The number of amides is 1. The molecular formula is C12H14ClNO5S. The lowest BCUT2D eigenvalue weighted by Crippen LogP contribution is -2.31. The lowest BCUT2D eigenvalue weighted by molar-refractivity contribution is -0.153. The van der Waals surface area contributed by atoms with Gasteiger partial charge in [0.25, 0.3) is 5.91 Å². The molecular weight excluding hydrogens is 306 g/mol. The summed E-state index contributed by atoms with van der Waals surface area (Å²) in [6, 6.07) is 5.94. The minimum Gasteiger partial charge on any atom is -0.453 e. The van der Waals surface area contributed by atoms with E-state index in [1.807, 2.05) is 0 Å². The van der Waals surface area contributed by atoms with Crippen LogP contribution < -0.4 is 5.73 Å². The number of benzene rings is 1. The molecule has 1 atom stereocenters. The van der Waals surface area contributed by atoms with E-state index < -0.39 is 33.6 Å². The average Bonchev–Trinajstić information content (AvgIpc) is 2.36. The van der Waals surface area contributed by atoms with Crippen molar-refractivity contribution in [2.24, 2.45) is 5.73 Å². The summed E-state index contributed by atoms with van der Waals surface area (Å²) in [6.45, 7) is 1.31. The van der Waals surface area contributed by atoms with Gasteiger partial charge in [-0.25, -0.2) is 8.42 Å². The number of primary amides is 1. The third-order valence-electron chi connectivity index (χ3n) is 2.46. The van der Waals surface area contributed by atoms with Crippen molar-refractivity contribution >= 4 is 33.3 Å². The fourth-order valence-corrected chi connectivity index (χ4v) is 3.13. The second-order valence-electron chi connectivity index (χ2n) is 4.03. The van der Waals surface area contributed by atoms with E-state index in [4.69, 9.17) is 17.3 Å². The van der Waals surface area contributed by atoms with Crippen LogP contribution in [0.4, 0.5) is 0 Å². The normalized spacial score (nSPS) is 12.7. The molecule has 0 radical (unpaired) electrons. The number of ether oxygens (including phenoxy) is 1. The zero-order chi connectivity index (χ0) is 15.3. The zero-order valence-electron chi connectivity index (χ0n) is 10.7. The van der Waals surface area contributed by atoms with Crippen molar-refractivity contribution in [3.05, 3.63) is 29.3 Å². The van der Waals surface area contributed by atoms with Gasteiger partial charge in [0.1, 0.15) is 0 Å². The highest BCUT2D eigenvalue weighted by atomic mass is 35.5. The van der Waals surface area contributed by atoms with Gasteiger partial charge in [0, 0.05) is 0 Å². The summed E-state index contributed by atoms with van der Waals surface area (Å²) >= 11 is 5.79. The molecule has 1 amide bonds. The monoisotopic (exact) mass is 319 g/mol. The molecule has 6 nitrogen and oxygen atoms in total. The van der Waals surface area contributed by atoms with Gasteiger partial charge >= 0.3 is 5.97 Å². The van der Waals surface area contributed by atoms with Gasteiger partial charge in [-0.1, -0.05) is 23.7 Å². The van der Waals surface area contributed by atoms with Crippen LogP contribution >= 0.6 is 11.6 Å². The van der Waals surface area contributed by atoms with Gasteiger partial charge in [-0.15, -0.1) is 0 Å². The Labute approximate surface area is 121 Å². The molecule has 0 heterocycles. The van der Waals surface area contributed by atoms with Gasteiger partial charge in [-0.3, -0.25) is 9.59 Å². The van der Waals surface area contributed by atoms with Gasteiger partial charge in [-0.05, 0) is 19.1 Å². The molecule has 0 unspecified atom stereocenters. The highest BCUT2D eigenvalue weighted by Gasteiger charge is 2.21. The van der Waals surface area contributed by atoms with Crippen molar-refractivity contribution in [1.82, 2.24) is 0 Å². The van der Waals surface area contributed by atoms with Gasteiger partial charge in [-0.2, -0.15) is 0 Å². The van der Waals surface area contributed by atoms with Crippen molar-refractivity contribution in [2.75, 3.05) is 5.75 Å². The third-order valence-corrected chi connectivity index (χ3v) is 4.66. The van der Waals surface area contributed by atoms with Crippen molar-refractivity contribution in [3.8, 4) is 0 Å². The predicted octanol–water partition coefficient (Wildman–Crippen LogP) is 0.921. The molecule has 0 aliphatic carbocycles. The van der Waals surface area contributed by atoms with E-state index in [9.17, 15) is 18.0 Å². The van der Waals surface area contributed by atoms with Crippen LogP contribution in [0.2, 0.25) is 5.02 Å². The molecule has 0 aliphatic rings. The van der Waals surface area contributed by atoms with E-state index in [1.165, 1.54) is 25.1 Å². The fraction of sp³-hybridized carbons (Fsp3) is 0.333. The lowest BCUT2D eigenvalue weighted by atomic mass is 10.4. The molecule has 0 fully saturated rings. The maximum Gasteiger partial charge on any atom is 0.307 e. The number of hydrogen-bond acceptors (Lipinski definition) is 5. The Morgan fingerprint density at radius 2 is 1.95 bits per heavy atom. The second kappa shape index (κ2) is 6.71. The molecule has 0 aromatic heterocycles. The number of sulfone groups is 1. The second-order valence-corrected chi connectivity index (χ2v) is 6.52. The van der Waals surface area contributed by atoms with Crippen molar-refractivity contribution in [3.63, 3.8) is 0 Å². The lowest BCUT2D eigenvalue weighted by Gasteiger charge is -2.10. The standard InChI is InChI=1S/C12H14ClNO5S/c1-8(12(14)16)19-11(15)6-7-20(17,18)10-5-3-2-4-9(10)13/h2-5,8H,6-7H2,1H3,(H2,14,16)/t8-/m1/s1.